The van der Waals surface area contributed by atoms with Crippen LogP contribution in [-0.2, 0) is 5.41 Å². The lowest BCUT2D eigenvalue weighted by Gasteiger charge is -2.21. The molecule has 9 aromatic rings. The van der Waals surface area contributed by atoms with Crippen molar-refractivity contribution in [3.8, 4) is 56.2 Å². The highest BCUT2D eigenvalue weighted by atomic mass is 14.9. The van der Waals surface area contributed by atoms with Gasteiger partial charge in [0.2, 0.25) is 0 Å². The Balaban J connectivity index is 1.12. The topological polar surface area (TPSA) is 38.7 Å². The highest BCUT2D eigenvalue weighted by Gasteiger charge is 2.35. The average molecular weight is 652 g/mol. The number of pyridine rings is 1. The lowest BCUT2D eigenvalue weighted by atomic mass is 9.81. The Hall–Kier alpha value is -6.45. The summed E-state index contributed by atoms with van der Waals surface area (Å²) in [4.78, 5) is 15.0. The molecule has 7 aromatic carbocycles. The number of hydrogen-bond donors (Lipinski definition) is 0. The molecule has 10 rings (SSSR count). The summed E-state index contributed by atoms with van der Waals surface area (Å²) in [7, 11) is 0. The first-order chi connectivity index (χ1) is 25.0. The van der Waals surface area contributed by atoms with Gasteiger partial charge < -0.3 is 0 Å². The van der Waals surface area contributed by atoms with Gasteiger partial charge in [0.15, 0.2) is 5.82 Å². The van der Waals surface area contributed by atoms with Gasteiger partial charge in [0.25, 0.3) is 0 Å². The maximum absolute atomic E-state index is 5.22. The van der Waals surface area contributed by atoms with Crippen LogP contribution in [0.3, 0.4) is 0 Å². The van der Waals surface area contributed by atoms with E-state index in [1.54, 1.807) is 0 Å². The van der Waals surface area contributed by atoms with Crippen LogP contribution >= 0.6 is 0 Å². The predicted octanol–water partition coefficient (Wildman–Crippen LogP) is 12.3. The van der Waals surface area contributed by atoms with Crippen molar-refractivity contribution in [1.29, 1.82) is 0 Å². The van der Waals surface area contributed by atoms with Crippen LogP contribution in [0.15, 0.2) is 164 Å². The molecule has 0 radical (unpaired) electrons. The third-order valence-corrected chi connectivity index (χ3v) is 10.7. The molecule has 2 heterocycles. The minimum Gasteiger partial charge on any atom is -0.256 e. The van der Waals surface area contributed by atoms with Crippen molar-refractivity contribution in [2.45, 2.75) is 19.3 Å². The monoisotopic (exact) mass is 651 g/mol. The number of rotatable bonds is 4. The summed E-state index contributed by atoms with van der Waals surface area (Å²) in [6, 6.07) is 56.4. The van der Waals surface area contributed by atoms with Crippen LogP contribution < -0.4 is 0 Å². The van der Waals surface area contributed by atoms with Gasteiger partial charge in [-0.15, -0.1) is 0 Å². The number of benzene rings is 7. The van der Waals surface area contributed by atoms with Crippen LogP contribution in [0.5, 0.6) is 0 Å². The molecule has 2 aromatic heterocycles. The molecule has 0 unspecified atom stereocenters. The smallest absolute Gasteiger partial charge is 0.160 e. The van der Waals surface area contributed by atoms with Crippen LogP contribution in [0.25, 0.3) is 88.6 Å². The van der Waals surface area contributed by atoms with Crippen LogP contribution in [0.2, 0.25) is 0 Å². The minimum absolute atomic E-state index is 0.0356. The average Bonchev–Trinajstić information content (AvgIpc) is 3.42. The van der Waals surface area contributed by atoms with Crippen LogP contribution in [0.1, 0.15) is 25.0 Å². The minimum atomic E-state index is -0.0356. The quantitative estimate of drug-likeness (QED) is 0.178. The molecule has 0 aliphatic heterocycles. The molecule has 1 aliphatic rings. The molecular weight excluding hydrogens is 619 g/mol. The van der Waals surface area contributed by atoms with Gasteiger partial charge in [0.1, 0.15) is 0 Å². The summed E-state index contributed by atoms with van der Waals surface area (Å²) in [6.07, 6.45) is 1.85. The number of aromatic nitrogens is 3. The second-order valence-electron chi connectivity index (χ2n) is 14.1. The van der Waals surface area contributed by atoms with E-state index < -0.39 is 0 Å². The zero-order valence-electron chi connectivity index (χ0n) is 28.4. The SMILES string of the molecule is CC1(C)c2ccccc2-c2cc3c(ccc4ccc(-c5cc(-c6ccccc6)nc(-c6ccc(-c7cccc8cccnc78)cc6)n5)cc43)cc21. The van der Waals surface area contributed by atoms with Gasteiger partial charge in [0.05, 0.1) is 16.9 Å². The lowest BCUT2D eigenvalue weighted by molar-refractivity contribution is 0.661. The molecule has 1 aliphatic carbocycles. The maximum Gasteiger partial charge on any atom is 0.160 e. The molecule has 3 heteroatoms. The predicted molar refractivity (Wildman–Crippen MR) is 212 cm³/mol. The second kappa shape index (κ2) is 11.3. The molecule has 0 N–H and O–H groups in total. The highest BCUT2D eigenvalue weighted by Crippen LogP contribution is 2.50. The molecule has 0 saturated heterocycles. The summed E-state index contributed by atoms with van der Waals surface area (Å²) in [6.45, 7) is 4.68. The van der Waals surface area contributed by atoms with E-state index >= 15 is 0 Å². The van der Waals surface area contributed by atoms with E-state index in [1.165, 1.54) is 43.8 Å². The Morgan fingerprint density at radius 1 is 0.412 bits per heavy atom. The van der Waals surface area contributed by atoms with Gasteiger partial charge in [-0.25, -0.2) is 9.97 Å². The van der Waals surface area contributed by atoms with Gasteiger partial charge >= 0.3 is 0 Å². The maximum atomic E-state index is 5.22. The van der Waals surface area contributed by atoms with Crippen molar-refractivity contribution in [3.05, 3.63) is 175 Å². The lowest BCUT2D eigenvalue weighted by Crippen LogP contribution is -2.14. The summed E-state index contributed by atoms with van der Waals surface area (Å²) >= 11 is 0. The molecule has 0 atom stereocenters. The fourth-order valence-corrected chi connectivity index (χ4v) is 8.03. The standard InChI is InChI=1S/C48H33N3/c1-48(2)42-16-7-6-14-38(42)41-28-40-35(27-43(41)48)23-19-31-20-24-36(26-39(31)40)45-29-44(32-10-4-3-5-11-32)50-47(51-45)34-21-17-30(18-22-34)37-15-8-12-33-13-9-25-49-46(33)37/h3-29H,1-2H3. The molecule has 0 spiro atoms. The number of fused-ring (bicyclic) bond motifs is 7. The third-order valence-electron chi connectivity index (χ3n) is 10.7. The number of nitrogens with zero attached hydrogens (tertiary/aromatic N) is 3. The third kappa shape index (κ3) is 4.77. The molecule has 0 bridgehead atoms. The van der Waals surface area contributed by atoms with Crippen molar-refractivity contribution in [1.82, 2.24) is 15.0 Å². The molecule has 0 saturated carbocycles. The highest BCUT2D eigenvalue weighted by molar-refractivity contribution is 6.11. The Bertz CT molecular complexity index is 2810. The fourth-order valence-electron chi connectivity index (χ4n) is 8.03. The van der Waals surface area contributed by atoms with Crippen molar-refractivity contribution < 1.29 is 0 Å². The van der Waals surface area contributed by atoms with E-state index in [4.69, 9.17) is 9.97 Å². The molecular formula is C48H33N3. The molecule has 51 heavy (non-hydrogen) atoms. The van der Waals surface area contributed by atoms with Gasteiger partial charge in [-0.2, -0.15) is 0 Å². The van der Waals surface area contributed by atoms with Gasteiger partial charge in [-0.1, -0.05) is 141 Å². The van der Waals surface area contributed by atoms with E-state index in [0.717, 1.165) is 50.1 Å². The first kappa shape index (κ1) is 29.5. The Morgan fingerprint density at radius 2 is 1.08 bits per heavy atom. The zero-order valence-corrected chi connectivity index (χ0v) is 28.4. The van der Waals surface area contributed by atoms with Gasteiger partial charge in [-0.05, 0) is 79.7 Å². The molecule has 0 fully saturated rings. The van der Waals surface area contributed by atoms with E-state index in [9.17, 15) is 0 Å². The Labute approximate surface area is 297 Å². The van der Waals surface area contributed by atoms with Crippen molar-refractivity contribution >= 4 is 32.4 Å². The van der Waals surface area contributed by atoms with E-state index in [2.05, 4.69) is 164 Å². The van der Waals surface area contributed by atoms with E-state index in [-0.39, 0.29) is 5.41 Å². The van der Waals surface area contributed by atoms with Crippen LogP contribution in [0, 0.1) is 0 Å². The van der Waals surface area contributed by atoms with E-state index in [1.807, 2.05) is 18.3 Å². The summed E-state index contributed by atoms with van der Waals surface area (Å²) in [5, 5.41) is 6.09. The molecule has 3 nitrogen and oxygen atoms in total. The van der Waals surface area contributed by atoms with Gasteiger partial charge in [-0.3, -0.25) is 4.98 Å². The van der Waals surface area contributed by atoms with Crippen LogP contribution in [0.4, 0.5) is 0 Å². The first-order valence-electron chi connectivity index (χ1n) is 17.5. The summed E-state index contributed by atoms with van der Waals surface area (Å²) in [5.74, 6) is 0.698. The van der Waals surface area contributed by atoms with Crippen LogP contribution in [-0.4, -0.2) is 15.0 Å². The second-order valence-corrected chi connectivity index (χ2v) is 14.1. The molecule has 0 amide bonds. The molecule has 240 valence electrons. The van der Waals surface area contributed by atoms with Crippen molar-refractivity contribution in [2.75, 3.05) is 0 Å². The van der Waals surface area contributed by atoms with E-state index in [0.29, 0.717) is 5.82 Å². The number of para-hydroxylation sites is 1. The Morgan fingerprint density at radius 3 is 1.94 bits per heavy atom. The number of hydrogen-bond acceptors (Lipinski definition) is 3. The van der Waals surface area contributed by atoms with Crippen molar-refractivity contribution in [2.24, 2.45) is 0 Å². The largest absolute Gasteiger partial charge is 0.256 e. The normalized spacial score (nSPS) is 13.1. The summed E-state index contributed by atoms with van der Waals surface area (Å²) < 4.78 is 0. The van der Waals surface area contributed by atoms with Gasteiger partial charge in [0, 0.05) is 39.3 Å². The Kier molecular flexibility index (Phi) is 6.53. The van der Waals surface area contributed by atoms with Crippen molar-refractivity contribution in [3.63, 3.8) is 0 Å². The fraction of sp³-hybridized carbons (Fsp3) is 0.0625. The first-order valence-corrected chi connectivity index (χ1v) is 17.5. The summed E-state index contributed by atoms with van der Waals surface area (Å²) in [5.41, 5.74) is 13.5. The zero-order chi connectivity index (χ0) is 34.1.